The first-order valence-corrected chi connectivity index (χ1v) is 8.26. The van der Waals surface area contributed by atoms with Crippen molar-refractivity contribution in [3.63, 3.8) is 0 Å². The van der Waals surface area contributed by atoms with Gasteiger partial charge in [-0.15, -0.1) is 0 Å². The molecule has 2 aromatic carbocycles. The minimum atomic E-state index is -1.09. The third-order valence-corrected chi connectivity index (χ3v) is 3.95. The Morgan fingerprint density at radius 3 is 2.40 bits per heavy atom. The number of rotatable bonds is 7. The van der Waals surface area contributed by atoms with Crippen LogP contribution >= 0.6 is 11.6 Å². The van der Waals surface area contributed by atoms with Crippen molar-refractivity contribution in [1.29, 1.82) is 0 Å². The molecule has 0 bridgehead atoms. The molecule has 0 radical (unpaired) electrons. The fourth-order valence-electron chi connectivity index (χ4n) is 2.55. The van der Waals surface area contributed by atoms with Crippen molar-refractivity contribution >= 4 is 29.2 Å². The van der Waals surface area contributed by atoms with Crippen molar-refractivity contribution in [1.82, 2.24) is 0 Å². The predicted molar refractivity (Wildman–Crippen MR) is 97.2 cm³/mol. The monoisotopic (exact) mass is 361 g/mol. The number of benzene rings is 2. The number of ether oxygens (including phenoxy) is 1. The van der Waals surface area contributed by atoms with Gasteiger partial charge in [-0.1, -0.05) is 55.8 Å². The van der Waals surface area contributed by atoms with Crippen molar-refractivity contribution in [3.05, 3.63) is 59.1 Å². The Morgan fingerprint density at radius 2 is 1.84 bits per heavy atom. The molecule has 1 unspecified atom stereocenters. The Kier molecular flexibility index (Phi) is 6.42. The highest BCUT2D eigenvalue weighted by molar-refractivity contribution is 6.32. The van der Waals surface area contributed by atoms with Crippen molar-refractivity contribution in [2.24, 2.45) is 5.92 Å². The normalized spacial score (nSPS) is 11.8. The quantitative estimate of drug-likeness (QED) is 0.775. The molecule has 0 spiro atoms. The van der Waals surface area contributed by atoms with Crippen molar-refractivity contribution < 1.29 is 19.4 Å². The van der Waals surface area contributed by atoms with E-state index in [4.69, 9.17) is 21.4 Å². The van der Waals surface area contributed by atoms with Gasteiger partial charge in [-0.25, -0.2) is 4.79 Å². The minimum Gasteiger partial charge on any atom is -0.480 e. The van der Waals surface area contributed by atoms with E-state index in [1.165, 1.54) is 6.07 Å². The van der Waals surface area contributed by atoms with Gasteiger partial charge in [0.05, 0.1) is 10.9 Å². The van der Waals surface area contributed by atoms with Crippen LogP contribution in [0, 0.1) is 5.92 Å². The highest BCUT2D eigenvalue weighted by Crippen LogP contribution is 2.30. The van der Waals surface area contributed by atoms with Gasteiger partial charge in [0.2, 0.25) is 5.91 Å². The smallest absolute Gasteiger partial charge is 0.341 e. The zero-order valence-corrected chi connectivity index (χ0v) is 14.8. The molecule has 0 saturated heterocycles. The summed E-state index contributed by atoms with van der Waals surface area (Å²) in [4.78, 5) is 23.2. The number of aliphatic carboxylic acids is 1. The Bertz CT molecular complexity index is 746. The van der Waals surface area contributed by atoms with E-state index in [0.29, 0.717) is 5.69 Å². The minimum absolute atomic E-state index is 0.121. The van der Waals surface area contributed by atoms with Gasteiger partial charge in [0.15, 0.2) is 6.61 Å². The zero-order valence-electron chi connectivity index (χ0n) is 14.0. The van der Waals surface area contributed by atoms with E-state index in [2.05, 4.69) is 5.32 Å². The van der Waals surface area contributed by atoms with Crippen LogP contribution in [0.2, 0.25) is 5.02 Å². The molecular formula is C19H20ClNO4. The van der Waals surface area contributed by atoms with Crippen LogP contribution in [-0.4, -0.2) is 23.6 Å². The van der Waals surface area contributed by atoms with Crippen LogP contribution in [0.15, 0.2) is 48.5 Å². The summed E-state index contributed by atoms with van der Waals surface area (Å²) in [6, 6.07) is 14.3. The van der Waals surface area contributed by atoms with Gasteiger partial charge in [-0.05, 0) is 29.7 Å². The van der Waals surface area contributed by atoms with E-state index in [1.807, 2.05) is 44.2 Å². The van der Waals surface area contributed by atoms with E-state index < -0.39 is 12.6 Å². The molecule has 1 atom stereocenters. The lowest BCUT2D eigenvalue weighted by Crippen LogP contribution is -2.25. The molecule has 2 N–H and O–H groups in total. The molecule has 0 aromatic heterocycles. The largest absolute Gasteiger partial charge is 0.480 e. The maximum Gasteiger partial charge on any atom is 0.341 e. The van der Waals surface area contributed by atoms with Crippen LogP contribution in [0.4, 0.5) is 5.69 Å². The van der Waals surface area contributed by atoms with Gasteiger partial charge in [-0.2, -0.15) is 0 Å². The molecule has 0 fully saturated rings. The molecule has 5 nitrogen and oxygen atoms in total. The molecule has 2 aromatic rings. The highest BCUT2D eigenvalue weighted by atomic mass is 35.5. The van der Waals surface area contributed by atoms with E-state index >= 15 is 0 Å². The van der Waals surface area contributed by atoms with Crippen LogP contribution in [0.1, 0.15) is 25.3 Å². The van der Waals surface area contributed by atoms with Crippen molar-refractivity contribution in [3.8, 4) is 5.75 Å². The Labute approximate surface area is 151 Å². The summed E-state index contributed by atoms with van der Waals surface area (Å²) in [5.74, 6) is -1.13. The Morgan fingerprint density at radius 1 is 1.16 bits per heavy atom. The lowest BCUT2D eigenvalue weighted by atomic mass is 9.87. The van der Waals surface area contributed by atoms with E-state index in [9.17, 15) is 9.59 Å². The maximum atomic E-state index is 12.7. The van der Waals surface area contributed by atoms with Crippen LogP contribution in [0.25, 0.3) is 0 Å². The van der Waals surface area contributed by atoms with Gasteiger partial charge in [0, 0.05) is 5.69 Å². The molecule has 6 heteroatoms. The number of carboxylic acids is 1. The van der Waals surface area contributed by atoms with Gasteiger partial charge < -0.3 is 15.2 Å². The Balaban J connectivity index is 2.13. The lowest BCUT2D eigenvalue weighted by molar-refractivity contribution is -0.139. The second-order valence-corrected chi connectivity index (χ2v) is 6.36. The van der Waals surface area contributed by atoms with Crippen LogP contribution < -0.4 is 10.1 Å². The number of halogens is 1. The zero-order chi connectivity index (χ0) is 18.4. The third kappa shape index (κ3) is 5.22. The van der Waals surface area contributed by atoms with Crippen molar-refractivity contribution in [2.75, 3.05) is 11.9 Å². The maximum absolute atomic E-state index is 12.7. The highest BCUT2D eigenvalue weighted by Gasteiger charge is 2.24. The van der Waals surface area contributed by atoms with Gasteiger partial charge in [0.25, 0.3) is 0 Å². The van der Waals surface area contributed by atoms with Crippen LogP contribution in [0.5, 0.6) is 5.75 Å². The van der Waals surface area contributed by atoms with E-state index in [-0.39, 0.29) is 28.5 Å². The lowest BCUT2D eigenvalue weighted by Gasteiger charge is -2.21. The first kappa shape index (κ1) is 18.8. The molecular weight excluding hydrogens is 342 g/mol. The van der Waals surface area contributed by atoms with Crippen molar-refractivity contribution in [2.45, 2.75) is 19.8 Å². The number of hydrogen-bond donors (Lipinski definition) is 2. The van der Waals surface area contributed by atoms with Crippen LogP contribution in [-0.2, 0) is 9.59 Å². The molecule has 1 amide bonds. The summed E-state index contributed by atoms with van der Waals surface area (Å²) in [6.45, 7) is 3.51. The number of carboxylic acid groups (broad SMARTS) is 1. The standard InChI is InChI=1S/C19H20ClNO4/c1-12(2)18(13-6-4-3-5-7-13)19(24)21-14-8-9-16(15(20)10-14)25-11-17(22)23/h3-10,12,18H,11H2,1-2H3,(H,21,24)(H,22,23). The first-order chi connectivity index (χ1) is 11.9. The summed E-state index contributed by atoms with van der Waals surface area (Å²) in [5, 5.41) is 11.7. The van der Waals surface area contributed by atoms with Gasteiger partial charge in [0.1, 0.15) is 5.75 Å². The molecule has 132 valence electrons. The summed E-state index contributed by atoms with van der Waals surface area (Å²) in [7, 11) is 0. The van der Waals surface area contributed by atoms with Gasteiger partial charge in [-0.3, -0.25) is 4.79 Å². The number of carbonyl (C=O) groups excluding carboxylic acids is 1. The predicted octanol–water partition coefficient (Wildman–Crippen LogP) is 4.18. The number of carbonyl (C=O) groups is 2. The molecule has 0 aliphatic heterocycles. The molecule has 0 heterocycles. The molecule has 0 aliphatic carbocycles. The SMILES string of the molecule is CC(C)C(C(=O)Nc1ccc(OCC(=O)O)c(Cl)c1)c1ccccc1. The Hall–Kier alpha value is -2.53. The molecule has 0 saturated carbocycles. The number of nitrogens with one attached hydrogen (secondary N) is 1. The summed E-state index contributed by atoms with van der Waals surface area (Å²) >= 11 is 6.09. The summed E-state index contributed by atoms with van der Waals surface area (Å²) < 4.78 is 5.07. The second kappa shape index (κ2) is 8.53. The van der Waals surface area contributed by atoms with E-state index in [0.717, 1.165) is 5.56 Å². The topological polar surface area (TPSA) is 75.6 Å². The average Bonchev–Trinajstić information content (AvgIpc) is 2.54. The van der Waals surface area contributed by atoms with E-state index in [1.54, 1.807) is 12.1 Å². The molecule has 2 rings (SSSR count). The fraction of sp³-hybridized carbons (Fsp3) is 0.263. The number of hydrogen-bond acceptors (Lipinski definition) is 3. The summed E-state index contributed by atoms with van der Waals surface area (Å²) in [5.41, 5.74) is 1.47. The second-order valence-electron chi connectivity index (χ2n) is 5.95. The first-order valence-electron chi connectivity index (χ1n) is 7.88. The third-order valence-electron chi connectivity index (χ3n) is 3.66. The summed E-state index contributed by atoms with van der Waals surface area (Å²) in [6.07, 6.45) is 0. The number of amides is 1. The number of anilines is 1. The van der Waals surface area contributed by atoms with Gasteiger partial charge >= 0.3 is 5.97 Å². The molecule has 0 aliphatic rings. The van der Waals surface area contributed by atoms with Crippen LogP contribution in [0.3, 0.4) is 0 Å². The fourth-order valence-corrected chi connectivity index (χ4v) is 2.79. The molecule has 25 heavy (non-hydrogen) atoms. The average molecular weight is 362 g/mol.